The van der Waals surface area contributed by atoms with Crippen molar-refractivity contribution in [1.29, 1.82) is 0 Å². The molecule has 0 aromatic carbocycles. The molecule has 2 bridgehead atoms. The van der Waals surface area contributed by atoms with Crippen molar-refractivity contribution in [3.05, 3.63) is 29.6 Å². The molecule has 2 N–H and O–H groups in total. The van der Waals surface area contributed by atoms with Crippen molar-refractivity contribution in [2.45, 2.75) is 13.1 Å². The SMILES string of the molecule is CN1CCNCc2cccc(n2)CNC[I-]1. The van der Waals surface area contributed by atoms with Gasteiger partial charge in [-0.25, -0.2) is 0 Å². The first-order chi connectivity index (χ1) is 7.84. The first-order valence-electron chi connectivity index (χ1n) is 5.51. The molecule has 1 aromatic heterocycles. The standard InChI is InChI=1S/C11H18IN4/c1-16-6-5-13-7-10-3-2-4-11(15-10)8-14-9-12-16/h2-4,13-14H,5-9H2,1H3/q-1. The van der Waals surface area contributed by atoms with Gasteiger partial charge in [-0.1, -0.05) is 0 Å². The summed E-state index contributed by atoms with van der Waals surface area (Å²) >= 11 is 0.126. The number of hydrogen-bond donors (Lipinski definition) is 2. The molecule has 0 aliphatic carbocycles. The van der Waals surface area contributed by atoms with E-state index in [9.17, 15) is 0 Å². The molecule has 1 aromatic rings. The van der Waals surface area contributed by atoms with Gasteiger partial charge in [0.05, 0.1) is 0 Å². The van der Waals surface area contributed by atoms with Crippen molar-refractivity contribution in [3.63, 3.8) is 0 Å². The van der Waals surface area contributed by atoms with Gasteiger partial charge in [0.25, 0.3) is 0 Å². The predicted octanol–water partition coefficient (Wildman–Crippen LogP) is -2.83. The number of pyridine rings is 1. The van der Waals surface area contributed by atoms with Gasteiger partial charge >= 0.3 is 108 Å². The van der Waals surface area contributed by atoms with Crippen LogP contribution in [0.15, 0.2) is 18.2 Å². The van der Waals surface area contributed by atoms with E-state index in [-0.39, 0.29) is 21.5 Å². The fraction of sp³-hybridized carbons (Fsp3) is 0.545. The Morgan fingerprint density at radius 2 is 2.00 bits per heavy atom. The molecule has 0 spiro atoms. The quantitative estimate of drug-likeness (QED) is 0.232. The zero-order valence-electron chi connectivity index (χ0n) is 9.54. The number of nitrogens with one attached hydrogen (secondary N) is 2. The van der Waals surface area contributed by atoms with Crippen LogP contribution < -0.4 is 32.1 Å². The van der Waals surface area contributed by atoms with Crippen LogP contribution in [-0.2, 0) is 13.1 Å². The van der Waals surface area contributed by atoms with Gasteiger partial charge in [0.15, 0.2) is 0 Å². The summed E-state index contributed by atoms with van der Waals surface area (Å²) in [4.78, 5) is 4.60. The van der Waals surface area contributed by atoms with Gasteiger partial charge < -0.3 is 0 Å². The summed E-state index contributed by atoms with van der Waals surface area (Å²) in [5.41, 5.74) is 2.28. The van der Waals surface area contributed by atoms with Crippen LogP contribution in [0.25, 0.3) is 0 Å². The molecule has 0 unspecified atom stereocenters. The number of rotatable bonds is 0. The van der Waals surface area contributed by atoms with Gasteiger partial charge in [0.2, 0.25) is 0 Å². The molecule has 0 fully saturated rings. The van der Waals surface area contributed by atoms with E-state index >= 15 is 0 Å². The van der Waals surface area contributed by atoms with Crippen molar-refractivity contribution in [3.8, 4) is 0 Å². The van der Waals surface area contributed by atoms with Crippen LogP contribution >= 0.6 is 0 Å². The van der Waals surface area contributed by atoms with Crippen LogP contribution in [0.5, 0.6) is 0 Å². The van der Waals surface area contributed by atoms with Gasteiger partial charge in [0.1, 0.15) is 0 Å². The number of halogens is 1. The monoisotopic (exact) mass is 333 g/mol. The Labute approximate surface area is 107 Å². The molecule has 0 saturated carbocycles. The Hall–Kier alpha value is -0.240. The molecule has 2 rings (SSSR count). The van der Waals surface area contributed by atoms with Crippen LogP contribution in [0.4, 0.5) is 0 Å². The molecule has 4 nitrogen and oxygen atoms in total. The average molecular weight is 333 g/mol. The summed E-state index contributed by atoms with van der Waals surface area (Å²) in [6.07, 6.45) is 0. The van der Waals surface area contributed by atoms with E-state index in [1.54, 1.807) is 0 Å². The van der Waals surface area contributed by atoms with E-state index in [1.807, 2.05) is 0 Å². The molecule has 0 amide bonds. The Kier molecular flexibility index (Phi) is 4.95. The molecular formula is C11H18IN4-. The topological polar surface area (TPSA) is 40.2 Å². The first-order valence-corrected chi connectivity index (χ1v) is 8.00. The maximum absolute atomic E-state index is 4.60. The number of aromatic nitrogens is 1. The summed E-state index contributed by atoms with van der Waals surface area (Å²) in [5.74, 6) is 0. The molecule has 1 aliphatic heterocycles. The van der Waals surface area contributed by atoms with E-state index < -0.39 is 0 Å². The summed E-state index contributed by atoms with van der Waals surface area (Å²) < 4.78 is 3.57. The number of nitrogens with zero attached hydrogens (tertiary/aromatic N) is 2. The van der Waals surface area contributed by atoms with Crippen molar-refractivity contribution in [2.75, 3.05) is 24.7 Å². The third-order valence-electron chi connectivity index (χ3n) is 2.43. The zero-order chi connectivity index (χ0) is 11.2. The number of alkyl halides is 1. The molecule has 2 heterocycles. The molecule has 0 saturated heterocycles. The Morgan fingerprint density at radius 1 is 1.25 bits per heavy atom. The number of likely N-dealkylation sites (N-methyl/N-ethyl adjacent to an activating group) is 1. The van der Waals surface area contributed by atoms with Crippen LogP contribution in [0, 0.1) is 0 Å². The fourth-order valence-electron chi connectivity index (χ4n) is 1.56. The van der Waals surface area contributed by atoms with E-state index in [1.165, 1.54) is 0 Å². The number of hydrogen-bond acceptors (Lipinski definition) is 4. The van der Waals surface area contributed by atoms with E-state index in [0.29, 0.717) is 0 Å². The van der Waals surface area contributed by atoms with Crippen LogP contribution in [0.3, 0.4) is 0 Å². The van der Waals surface area contributed by atoms with Gasteiger partial charge in [-0.2, -0.15) is 0 Å². The summed E-state index contributed by atoms with van der Waals surface area (Å²) in [5, 5.41) is 6.90. The second-order valence-corrected chi connectivity index (χ2v) is 6.90. The van der Waals surface area contributed by atoms with Crippen LogP contribution in [0.2, 0.25) is 0 Å². The van der Waals surface area contributed by atoms with E-state index in [4.69, 9.17) is 0 Å². The third kappa shape index (κ3) is 3.97. The average Bonchev–Trinajstić information content (AvgIpc) is 2.30. The second kappa shape index (κ2) is 6.48. The van der Waals surface area contributed by atoms with Gasteiger partial charge in [-0.05, 0) is 0 Å². The Balaban J connectivity index is 2.00. The molecule has 16 heavy (non-hydrogen) atoms. The molecule has 90 valence electrons. The molecule has 0 radical (unpaired) electrons. The first kappa shape index (κ1) is 12.2. The van der Waals surface area contributed by atoms with Crippen LogP contribution in [0.1, 0.15) is 11.4 Å². The Bertz CT molecular complexity index is 304. The molecule has 5 heteroatoms. The normalized spacial score (nSPS) is 20.3. The molecule has 0 atom stereocenters. The van der Waals surface area contributed by atoms with Crippen LogP contribution in [-0.4, -0.2) is 32.8 Å². The second-order valence-electron chi connectivity index (χ2n) is 3.81. The minimum absolute atomic E-state index is 0.126. The molecular weight excluding hydrogens is 315 g/mol. The Morgan fingerprint density at radius 3 is 2.81 bits per heavy atom. The zero-order valence-corrected chi connectivity index (χ0v) is 11.7. The van der Waals surface area contributed by atoms with Crippen molar-refractivity contribution in [1.82, 2.24) is 18.7 Å². The van der Waals surface area contributed by atoms with Gasteiger partial charge in [0, 0.05) is 0 Å². The minimum atomic E-state index is 0.126. The van der Waals surface area contributed by atoms with Gasteiger partial charge in [-0.3, -0.25) is 0 Å². The summed E-state index contributed by atoms with van der Waals surface area (Å²) in [7, 11) is 2.21. The predicted molar refractivity (Wildman–Crippen MR) is 60.3 cm³/mol. The van der Waals surface area contributed by atoms with Crippen molar-refractivity contribution >= 4 is 0 Å². The van der Waals surface area contributed by atoms with E-state index in [2.05, 4.69) is 44.0 Å². The number of fused-ring (bicyclic) bond motifs is 2. The maximum atomic E-state index is 4.60. The van der Waals surface area contributed by atoms with Gasteiger partial charge in [-0.15, -0.1) is 0 Å². The van der Waals surface area contributed by atoms with E-state index in [0.717, 1.165) is 42.1 Å². The third-order valence-corrected chi connectivity index (χ3v) is 4.96. The van der Waals surface area contributed by atoms with Crippen molar-refractivity contribution < 1.29 is 21.5 Å². The summed E-state index contributed by atoms with van der Waals surface area (Å²) in [6.45, 7) is 3.94. The summed E-state index contributed by atoms with van der Waals surface area (Å²) in [6, 6.07) is 6.26. The van der Waals surface area contributed by atoms with Crippen molar-refractivity contribution in [2.24, 2.45) is 0 Å². The molecule has 1 aliphatic rings. The fourth-order valence-corrected chi connectivity index (χ4v) is 3.23.